The summed E-state index contributed by atoms with van der Waals surface area (Å²) < 4.78 is 0.635. The highest BCUT2D eigenvalue weighted by atomic mass is 79.9. The lowest BCUT2D eigenvalue weighted by Gasteiger charge is -2.00. The maximum Gasteiger partial charge on any atom is 0.276 e. The number of nitrogens with zero attached hydrogens (tertiary/aromatic N) is 2. The van der Waals surface area contributed by atoms with Gasteiger partial charge in [0.15, 0.2) is 5.13 Å². The second-order valence-corrected chi connectivity index (χ2v) is 5.12. The molecule has 1 N–H and O–H groups in total. The van der Waals surface area contributed by atoms with Gasteiger partial charge in [0.2, 0.25) is 0 Å². The molecule has 2 rings (SSSR count). The molecule has 0 saturated heterocycles. The molecule has 0 fully saturated rings. The van der Waals surface area contributed by atoms with Crippen molar-refractivity contribution >= 4 is 38.3 Å². The number of hydrogen-bond acceptors (Lipinski definition) is 4. The van der Waals surface area contributed by atoms with Crippen molar-refractivity contribution in [3.05, 3.63) is 39.6 Å². The van der Waals surface area contributed by atoms with Crippen LogP contribution in [0.15, 0.2) is 29.0 Å². The predicted octanol–water partition coefficient (Wildman–Crippen LogP) is 2.86. The minimum Gasteiger partial charge on any atom is -0.296 e. The fourth-order valence-electron chi connectivity index (χ4n) is 1.11. The predicted molar refractivity (Wildman–Crippen MR) is 66.7 cm³/mol. The van der Waals surface area contributed by atoms with Crippen LogP contribution in [0.25, 0.3) is 0 Å². The number of rotatable bonds is 2. The molecule has 0 saturated carbocycles. The highest BCUT2D eigenvalue weighted by molar-refractivity contribution is 9.10. The maximum absolute atomic E-state index is 11.7. The number of pyridine rings is 1. The number of anilines is 1. The minimum absolute atomic E-state index is 0.254. The summed E-state index contributed by atoms with van der Waals surface area (Å²) in [6, 6.07) is 5.18. The van der Waals surface area contributed by atoms with E-state index in [2.05, 4.69) is 31.2 Å². The van der Waals surface area contributed by atoms with Gasteiger partial charge in [0, 0.05) is 11.1 Å². The Hall–Kier alpha value is -1.27. The Morgan fingerprint density at radius 3 is 2.94 bits per heavy atom. The van der Waals surface area contributed by atoms with Crippen molar-refractivity contribution in [3.8, 4) is 0 Å². The van der Waals surface area contributed by atoms with Gasteiger partial charge in [-0.1, -0.05) is 6.07 Å². The van der Waals surface area contributed by atoms with Crippen molar-refractivity contribution in [3.63, 3.8) is 0 Å². The molecular formula is C10H8BrN3OS. The van der Waals surface area contributed by atoms with Crippen LogP contribution in [0, 0.1) is 6.92 Å². The lowest BCUT2D eigenvalue weighted by atomic mass is 10.3. The molecule has 4 nitrogen and oxygen atoms in total. The van der Waals surface area contributed by atoms with E-state index in [1.807, 2.05) is 6.92 Å². The average Bonchev–Trinajstić information content (AvgIpc) is 2.64. The molecule has 2 heterocycles. The number of carbonyl (C=O) groups excluding carboxylic acids is 1. The first-order chi connectivity index (χ1) is 7.65. The van der Waals surface area contributed by atoms with Gasteiger partial charge >= 0.3 is 0 Å². The van der Waals surface area contributed by atoms with Crippen LogP contribution in [-0.2, 0) is 0 Å². The van der Waals surface area contributed by atoms with Crippen molar-refractivity contribution in [2.24, 2.45) is 0 Å². The van der Waals surface area contributed by atoms with E-state index in [0.717, 1.165) is 4.88 Å². The van der Waals surface area contributed by atoms with Crippen molar-refractivity contribution < 1.29 is 4.79 Å². The van der Waals surface area contributed by atoms with Gasteiger partial charge in [-0.3, -0.25) is 10.1 Å². The van der Waals surface area contributed by atoms with E-state index >= 15 is 0 Å². The van der Waals surface area contributed by atoms with E-state index in [9.17, 15) is 4.79 Å². The van der Waals surface area contributed by atoms with Gasteiger partial charge in [-0.15, -0.1) is 11.3 Å². The monoisotopic (exact) mass is 297 g/mol. The van der Waals surface area contributed by atoms with E-state index in [1.165, 1.54) is 11.3 Å². The summed E-state index contributed by atoms with van der Waals surface area (Å²) in [6.45, 7) is 1.94. The molecule has 82 valence electrons. The first-order valence-corrected chi connectivity index (χ1v) is 6.12. The summed E-state index contributed by atoms with van der Waals surface area (Å²) in [7, 11) is 0. The molecule has 6 heteroatoms. The SMILES string of the molecule is Cc1cnc(NC(=O)c2cccc(Br)n2)s1. The molecular weight excluding hydrogens is 290 g/mol. The first-order valence-electron chi connectivity index (χ1n) is 4.51. The average molecular weight is 298 g/mol. The molecule has 0 aliphatic heterocycles. The van der Waals surface area contributed by atoms with Crippen LogP contribution < -0.4 is 5.32 Å². The van der Waals surface area contributed by atoms with E-state index in [4.69, 9.17) is 0 Å². The van der Waals surface area contributed by atoms with Crippen molar-refractivity contribution in [1.82, 2.24) is 9.97 Å². The Morgan fingerprint density at radius 2 is 2.31 bits per heavy atom. The molecule has 0 atom stereocenters. The molecule has 0 aromatic carbocycles. The summed E-state index contributed by atoms with van der Waals surface area (Å²) >= 11 is 4.65. The lowest BCUT2D eigenvalue weighted by Crippen LogP contribution is -2.13. The number of nitrogens with one attached hydrogen (secondary N) is 1. The van der Waals surface area contributed by atoms with Gasteiger partial charge in [-0.2, -0.15) is 0 Å². The largest absolute Gasteiger partial charge is 0.296 e. The third kappa shape index (κ3) is 2.65. The van der Waals surface area contributed by atoms with Crippen molar-refractivity contribution in [2.75, 3.05) is 5.32 Å². The van der Waals surface area contributed by atoms with Crippen LogP contribution >= 0.6 is 27.3 Å². The quantitative estimate of drug-likeness (QED) is 0.867. The number of hydrogen-bond donors (Lipinski definition) is 1. The van der Waals surface area contributed by atoms with Crippen LogP contribution in [0.5, 0.6) is 0 Å². The van der Waals surface area contributed by atoms with Crippen molar-refractivity contribution in [1.29, 1.82) is 0 Å². The molecule has 0 radical (unpaired) electrons. The summed E-state index contributed by atoms with van der Waals surface area (Å²) in [4.78, 5) is 20.9. The van der Waals surface area contributed by atoms with E-state index < -0.39 is 0 Å². The highest BCUT2D eigenvalue weighted by Gasteiger charge is 2.09. The summed E-state index contributed by atoms with van der Waals surface area (Å²) in [5.74, 6) is -0.254. The molecule has 2 aromatic rings. The molecule has 16 heavy (non-hydrogen) atoms. The second-order valence-electron chi connectivity index (χ2n) is 3.08. The second kappa shape index (κ2) is 4.71. The zero-order valence-electron chi connectivity index (χ0n) is 8.40. The topological polar surface area (TPSA) is 54.9 Å². The number of aromatic nitrogens is 2. The van der Waals surface area contributed by atoms with Gasteiger partial charge < -0.3 is 0 Å². The third-order valence-electron chi connectivity index (χ3n) is 1.79. The smallest absolute Gasteiger partial charge is 0.276 e. The molecule has 0 unspecified atom stereocenters. The van der Waals surface area contributed by atoms with Gasteiger partial charge in [0.1, 0.15) is 10.3 Å². The fraction of sp³-hybridized carbons (Fsp3) is 0.100. The molecule has 0 bridgehead atoms. The van der Waals surface area contributed by atoms with Gasteiger partial charge in [-0.05, 0) is 35.0 Å². The summed E-state index contributed by atoms with van der Waals surface area (Å²) in [5.41, 5.74) is 0.363. The normalized spacial score (nSPS) is 10.1. The van der Waals surface area contributed by atoms with Crippen LogP contribution in [0.4, 0.5) is 5.13 Å². The van der Waals surface area contributed by atoms with Crippen LogP contribution in [0.2, 0.25) is 0 Å². The number of carbonyl (C=O) groups is 1. The molecule has 2 aromatic heterocycles. The molecule has 0 aliphatic rings. The molecule has 0 aliphatic carbocycles. The molecule has 1 amide bonds. The highest BCUT2D eigenvalue weighted by Crippen LogP contribution is 2.17. The van der Waals surface area contributed by atoms with Gasteiger partial charge in [-0.25, -0.2) is 9.97 Å². The Bertz CT molecular complexity index is 526. The summed E-state index contributed by atoms with van der Waals surface area (Å²) in [5, 5.41) is 3.28. The van der Waals surface area contributed by atoms with Crippen LogP contribution in [0.1, 0.15) is 15.4 Å². The lowest BCUT2D eigenvalue weighted by molar-refractivity contribution is 0.102. The van der Waals surface area contributed by atoms with E-state index in [-0.39, 0.29) is 5.91 Å². The Kier molecular flexibility index (Phi) is 3.31. The summed E-state index contributed by atoms with van der Waals surface area (Å²) in [6.07, 6.45) is 1.72. The van der Waals surface area contributed by atoms with E-state index in [0.29, 0.717) is 15.4 Å². The third-order valence-corrected chi connectivity index (χ3v) is 3.06. The van der Waals surface area contributed by atoms with Gasteiger partial charge in [0.05, 0.1) is 0 Å². The van der Waals surface area contributed by atoms with Gasteiger partial charge in [0.25, 0.3) is 5.91 Å². The minimum atomic E-state index is -0.254. The zero-order chi connectivity index (χ0) is 11.5. The van der Waals surface area contributed by atoms with E-state index in [1.54, 1.807) is 24.4 Å². The number of thiazole rings is 1. The first kappa shape index (κ1) is 11.2. The zero-order valence-corrected chi connectivity index (χ0v) is 10.8. The number of aryl methyl sites for hydroxylation is 1. The maximum atomic E-state index is 11.7. The van der Waals surface area contributed by atoms with Crippen LogP contribution in [0.3, 0.4) is 0 Å². The van der Waals surface area contributed by atoms with Crippen molar-refractivity contribution in [2.45, 2.75) is 6.92 Å². The standard InChI is InChI=1S/C10H8BrN3OS/c1-6-5-12-10(16-6)14-9(15)7-3-2-4-8(11)13-7/h2-5H,1H3,(H,12,14,15). The molecule has 0 spiro atoms. The fourth-order valence-corrected chi connectivity index (χ4v) is 2.11. The Labute approximate surface area is 105 Å². The number of halogens is 1. The Morgan fingerprint density at radius 1 is 1.50 bits per heavy atom. The number of amides is 1. The van der Waals surface area contributed by atoms with Crippen LogP contribution in [-0.4, -0.2) is 15.9 Å². The Balaban J connectivity index is 2.14.